The SMILES string of the molecule is Cc1ccc(N(C)c2ncc(CO)c(C)n2)c(C)c1. The Morgan fingerprint density at radius 2 is 1.95 bits per heavy atom. The number of aliphatic hydroxyl groups is 1. The van der Waals surface area contributed by atoms with Gasteiger partial charge in [0.05, 0.1) is 6.61 Å². The molecule has 1 aromatic carbocycles. The van der Waals surface area contributed by atoms with Gasteiger partial charge in [-0.1, -0.05) is 17.7 Å². The Morgan fingerprint density at radius 3 is 2.53 bits per heavy atom. The van der Waals surface area contributed by atoms with Crippen molar-refractivity contribution < 1.29 is 5.11 Å². The smallest absolute Gasteiger partial charge is 0.229 e. The van der Waals surface area contributed by atoms with Crippen molar-refractivity contribution in [1.29, 1.82) is 0 Å². The molecule has 2 aromatic rings. The zero-order valence-corrected chi connectivity index (χ0v) is 11.8. The maximum Gasteiger partial charge on any atom is 0.229 e. The summed E-state index contributed by atoms with van der Waals surface area (Å²) in [5.41, 5.74) is 5.08. The molecule has 0 amide bonds. The van der Waals surface area contributed by atoms with Crippen LogP contribution in [0.25, 0.3) is 0 Å². The summed E-state index contributed by atoms with van der Waals surface area (Å²) < 4.78 is 0. The van der Waals surface area contributed by atoms with Crippen molar-refractivity contribution in [3.8, 4) is 0 Å². The van der Waals surface area contributed by atoms with Crippen LogP contribution >= 0.6 is 0 Å². The second-order valence-corrected chi connectivity index (χ2v) is 4.79. The molecule has 4 heteroatoms. The summed E-state index contributed by atoms with van der Waals surface area (Å²) in [5, 5.41) is 9.15. The molecule has 1 heterocycles. The number of aliphatic hydroxyl groups excluding tert-OH is 1. The highest BCUT2D eigenvalue weighted by molar-refractivity contribution is 5.61. The highest BCUT2D eigenvalue weighted by atomic mass is 16.3. The minimum absolute atomic E-state index is 0.0284. The van der Waals surface area contributed by atoms with Crippen LogP contribution in [0, 0.1) is 20.8 Å². The topological polar surface area (TPSA) is 49.2 Å². The first kappa shape index (κ1) is 13.5. The third-order valence-corrected chi connectivity index (χ3v) is 3.25. The van der Waals surface area contributed by atoms with E-state index in [2.05, 4.69) is 42.0 Å². The summed E-state index contributed by atoms with van der Waals surface area (Å²) in [6, 6.07) is 6.29. The molecule has 0 aliphatic heterocycles. The first-order chi connectivity index (χ1) is 9.02. The van der Waals surface area contributed by atoms with E-state index in [1.165, 1.54) is 11.1 Å². The lowest BCUT2D eigenvalue weighted by Gasteiger charge is -2.20. The third kappa shape index (κ3) is 2.74. The van der Waals surface area contributed by atoms with Crippen LogP contribution in [0.4, 0.5) is 11.6 Å². The summed E-state index contributed by atoms with van der Waals surface area (Å²) in [7, 11) is 1.95. The molecule has 0 bridgehead atoms. The molecule has 2 rings (SSSR count). The molecule has 0 spiro atoms. The normalized spacial score (nSPS) is 10.6. The number of aryl methyl sites for hydroxylation is 3. The number of anilines is 2. The van der Waals surface area contributed by atoms with Crippen LogP contribution in [-0.2, 0) is 6.61 Å². The molecule has 0 saturated heterocycles. The lowest BCUT2D eigenvalue weighted by atomic mass is 10.1. The monoisotopic (exact) mass is 257 g/mol. The van der Waals surface area contributed by atoms with Gasteiger partial charge in [0.25, 0.3) is 0 Å². The van der Waals surface area contributed by atoms with Gasteiger partial charge >= 0.3 is 0 Å². The largest absolute Gasteiger partial charge is 0.392 e. The molecule has 100 valence electrons. The molecule has 0 aliphatic carbocycles. The first-order valence-electron chi connectivity index (χ1n) is 6.27. The molecule has 0 radical (unpaired) electrons. The Labute approximate surface area is 113 Å². The summed E-state index contributed by atoms with van der Waals surface area (Å²) in [5.74, 6) is 0.640. The van der Waals surface area contributed by atoms with Gasteiger partial charge in [0, 0.05) is 30.2 Å². The summed E-state index contributed by atoms with van der Waals surface area (Å²) in [6.45, 7) is 6.01. The summed E-state index contributed by atoms with van der Waals surface area (Å²) >= 11 is 0. The number of aromatic nitrogens is 2. The molecular formula is C15H19N3O. The van der Waals surface area contributed by atoms with Crippen LogP contribution in [0.5, 0.6) is 0 Å². The third-order valence-electron chi connectivity index (χ3n) is 3.25. The quantitative estimate of drug-likeness (QED) is 0.918. The van der Waals surface area contributed by atoms with E-state index in [1.807, 2.05) is 18.9 Å². The fourth-order valence-corrected chi connectivity index (χ4v) is 2.09. The van der Waals surface area contributed by atoms with Crippen molar-refractivity contribution in [1.82, 2.24) is 9.97 Å². The van der Waals surface area contributed by atoms with Gasteiger partial charge in [-0.05, 0) is 32.4 Å². The van der Waals surface area contributed by atoms with Gasteiger partial charge in [0.2, 0.25) is 5.95 Å². The van der Waals surface area contributed by atoms with E-state index in [9.17, 15) is 0 Å². The number of hydrogen-bond acceptors (Lipinski definition) is 4. The Hall–Kier alpha value is -1.94. The zero-order chi connectivity index (χ0) is 14.0. The van der Waals surface area contributed by atoms with Gasteiger partial charge in [-0.25, -0.2) is 9.97 Å². The predicted molar refractivity (Wildman–Crippen MR) is 76.7 cm³/mol. The van der Waals surface area contributed by atoms with Crippen LogP contribution in [0.1, 0.15) is 22.4 Å². The highest BCUT2D eigenvalue weighted by Crippen LogP contribution is 2.25. The molecule has 0 saturated carbocycles. The minimum Gasteiger partial charge on any atom is -0.392 e. The van der Waals surface area contributed by atoms with Gasteiger partial charge < -0.3 is 10.0 Å². The number of nitrogens with zero attached hydrogens (tertiary/aromatic N) is 3. The molecule has 0 fully saturated rings. The van der Waals surface area contributed by atoms with E-state index in [0.29, 0.717) is 5.95 Å². The molecule has 0 aliphatic rings. The fourth-order valence-electron chi connectivity index (χ4n) is 2.09. The van der Waals surface area contributed by atoms with Crippen molar-refractivity contribution in [3.63, 3.8) is 0 Å². The van der Waals surface area contributed by atoms with E-state index < -0.39 is 0 Å². The van der Waals surface area contributed by atoms with Crippen LogP contribution in [-0.4, -0.2) is 22.1 Å². The maximum atomic E-state index is 9.15. The fraction of sp³-hybridized carbons (Fsp3) is 0.333. The average Bonchev–Trinajstić information content (AvgIpc) is 2.38. The Morgan fingerprint density at radius 1 is 1.21 bits per heavy atom. The van der Waals surface area contributed by atoms with Gasteiger partial charge in [-0.2, -0.15) is 0 Å². The Kier molecular flexibility index (Phi) is 3.81. The van der Waals surface area contributed by atoms with Crippen molar-refractivity contribution in [2.75, 3.05) is 11.9 Å². The summed E-state index contributed by atoms with van der Waals surface area (Å²) in [6.07, 6.45) is 1.68. The van der Waals surface area contributed by atoms with E-state index in [1.54, 1.807) is 6.20 Å². The number of benzene rings is 1. The van der Waals surface area contributed by atoms with Crippen LogP contribution in [0.3, 0.4) is 0 Å². The highest BCUT2D eigenvalue weighted by Gasteiger charge is 2.11. The van der Waals surface area contributed by atoms with Crippen molar-refractivity contribution in [3.05, 3.63) is 46.8 Å². The summed E-state index contributed by atoms with van der Waals surface area (Å²) in [4.78, 5) is 10.7. The van der Waals surface area contributed by atoms with Gasteiger partial charge in [-0.15, -0.1) is 0 Å². The van der Waals surface area contributed by atoms with Crippen LogP contribution in [0.15, 0.2) is 24.4 Å². The van der Waals surface area contributed by atoms with Crippen molar-refractivity contribution in [2.24, 2.45) is 0 Å². The lowest BCUT2D eigenvalue weighted by molar-refractivity contribution is 0.280. The van der Waals surface area contributed by atoms with Crippen LogP contribution in [0.2, 0.25) is 0 Å². The molecule has 19 heavy (non-hydrogen) atoms. The molecule has 0 atom stereocenters. The lowest BCUT2D eigenvalue weighted by Crippen LogP contribution is -2.15. The van der Waals surface area contributed by atoms with E-state index in [-0.39, 0.29) is 6.61 Å². The standard InChI is InChI=1S/C15H19N3O/c1-10-5-6-14(11(2)7-10)18(4)15-16-8-13(9-19)12(3)17-15/h5-8,19H,9H2,1-4H3. The Balaban J connectivity index is 2.38. The number of hydrogen-bond donors (Lipinski definition) is 1. The Bertz CT molecular complexity index is 596. The molecular weight excluding hydrogens is 238 g/mol. The average molecular weight is 257 g/mol. The van der Waals surface area contributed by atoms with E-state index >= 15 is 0 Å². The van der Waals surface area contributed by atoms with Crippen LogP contribution < -0.4 is 4.90 Å². The van der Waals surface area contributed by atoms with E-state index in [4.69, 9.17) is 5.11 Å². The van der Waals surface area contributed by atoms with E-state index in [0.717, 1.165) is 16.9 Å². The molecule has 0 unspecified atom stereocenters. The second kappa shape index (κ2) is 5.36. The van der Waals surface area contributed by atoms with Gasteiger partial charge in [-0.3, -0.25) is 0 Å². The van der Waals surface area contributed by atoms with Crippen molar-refractivity contribution >= 4 is 11.6 Å². The van der Waals surface area contributed by atoms with Gasteiger partial charge in [0.15, 0.2) is 0 Å². The minimum atomic E-state index is -0.0284. The predicted octanol–water partition coefficient (Wildman–Crippen LogP) is 2.66. The number of rotatable bonds is 3. The van der Waals surface area contributed by atoms with Crippen molar-refractivity contribution in [2.45, 2.75) is 27.4 Å². The maximum absolute atomic E-state index is 9.15. The van der Waals surface area contributed by atoms with Gasteiger partial charge in [0.1, 0.15) is 0 Å². The molecule has 1 aromatic heterocycles. The molecule has 4 nitrogen and oxygen atoms in total. The second-order valence-electron chi connectivity index (χ2n) is 4.79. The molecule has 1 N–H and O–H groups in total. The zero-order valence-electron chi connectivity index (χ0n) is 11.8. The first-order valence-corrected chi connectivity index (χ1v) is 6.27.